The van der Waals surface area contributed by atoms with E-state index in [1.165, 1.54) is 19.2 Å². The van der Waals surface area contributed by atoms with Gasteiger partial charge in [-0.25, -0.2) is 4.39 Å². The number of rotatable bonds is 4. The van der Waals surface area contributed by atoms with Crippen LogP contribution in [0, 0.1) is 11.7 Å². The molecular weight excluding hydrogens is 259 g/mol. The first kappa shape index (κ1) is 15.0. The molecule has 0 spiro atoms. The third-order valence-corrected chi connectivity index (χ3v) is 4.20. The normalized spacial score (nSPS) is 26.3. The van der Waals surface area contributed by atoms with Crippen molar-refractivity contribution in [1.82, 2.24) is 0 Å². The molecule has 0 saturated heterocycles. The molecule has 0 aromatic heterocycles. The fraction of sp³-hybridized carbons (Fsp3) is 0.562. The Bertz CT molecular complexity index is 490. The molecule has 1 saturated carbocycles. The maximum atomic E-state index is 13.6. The number of ether oxygens (including phenoxy) is 1. The molecule has 0 unspecified atom stereocenters. The van der Waals surface area contributed by atoms with E-state index >= 15 is 0 Å². The number of Topliss-reactive ketones (excluding diaryl/α,β-unsaturated/α-hetero) is 1. The average molecular weight is 280 g/mol. The molecule has 0 heterocycles. The Morgan fingerprint density at radius 3 is 2.65 bits per heavy atom. The van der Waals surface area contributed by atoms with Gasteiger partial charge in [0.25, 0.3) is 0 Å². The van der Waals surface area contributed by atoms with Crippen LogP contribution in [0.1, 0.15) is 38.2 Å². The van der Waals surface area contributed by atoms with Crippen LogP contribution in [0.2, 0.25) is 0 Å². The fourth-order valence-electron chi connectivity index (χ4n) is 2.69. The number of benzene rings is 1. The van der Waals surface area contributed by atoms with E-state index in [1.807, 2.05) is 0 Å². The van der Waals surface area contributed by atoms with Gasteiger partial charge in [-0.3, -0.25) is 4.79 Å². The molecule has 0 amide bonds. The van der Waals surface area contributed by atoms with E-state index < -0.39 is 11.4 Å². The quantitative estimate of drug-likeness (QED) is 0.922. The predicted octanol–water partition coefficient (Wildman–Crippen LogP) is 2.89. The smallest absolute Gasteiger partial charge is 0.168 e. The first-order valence-electron chi connectivity index (χ1n) is 7.03. The molecule has 0 aliphatic heterocycles. The summed E-state index contributed by atoms with van der Waals surface area (Å²) in [5, 5.41) is 10.4. The van der Waals surface area contributed by atoms with Gasteiger partial charge in [0.2, 0.25) is 0 Å². The van der Waals surface area contributed by atoms with Gasteiger partial charge in [0.05, 0.1) is 7.11 Å². The van der Waals surface area contributed by atoms with Gasteiger partial charge in [-0.1, -0.05) is 13.0 Å². The van der Waals surface area contributed by atoms with Gasteiger partial charge in [0, 0.05) is 6.42 Å². The molecule has 110 valence electrons. The van der Waals surface area contributed by atoms with E-state index in [4.69, 9.17) is 4.74 Å². The third kappa shape index (κ3) is 3.18. The van der Waals surface area contributed by atoms with Crippen LogP contribution in [0.25, 0.3) is 0 Å². The van der Waals surface area contributed by atoms with Crippen LogP contribution in [0.15, 0.2) is 18.2 Å². The summed E-state index contributed by atoms with van der Waals surface area (Å²) in [6.45, 7) is 2.13. The van der Waals surface area contributed by atoms with E-state index in [0.29, 0.717) is 24.3 Å². The zero-order valence-corrected chi connectivity index (χ0v) is 12.0. The second kappa shape index (κ2) is 5.92. The number of carbonyl (C=O) groups is 1. The lowest BCUT2D eigenvalue weighted by molar-refractivity contribution is -0.140. The Morgan fingerprint density at radius 2 is 2.10 bits per heavy atom. The van der Waals surface area contributed by atoms with Crippen LogP contribution < -0.4 is 4.74 Å². The lowest BCUT2D eigenvalue weighted by Gasteiger charge is -2.33. The number of hydrogen-bond donors (Lipinski definition) is 1. The Morgan fingerprint density at radius 1 is 1.45 bits per heavy atom. The van der Waals surface area contributed by atoms with Crippen LogP contribution in [0.4, 0.5) is 4.39 Å². The third-order valence-electron chi connectivity index (χ3n) is 4.20. The molecule has 3 nitrogen and oxygen atoms in total. The minimum absolute atomic E-state index is 0.0613. The monoisotopic (exact) mass is 280 g/mol. The van der Waals surface area contributed by atoms with Gasteiger partial charge in [-0.05, 0) is 49.3 Å². The lowest BCUT2D eigenvalue weighted by atomic mass is 9.76. The molecule has 1 fully saturated rings. The molecule has 1 aromatic carbocycles. The number of carbonyl (C=O) groups excluding carboxylic acids is 1. The van der Waals surface area contributed by atoms with Crippen molar-refractivity contribution in [2.45, 2.75) is 44.6 Å². The zero-order valence-electron chi connectivity index (χ0n) is 12.0. The Hall–Kier alpha value is -1.42. The van der Waals surface area contributed by atoms with Crippen LogP contribution in [-0.4, -0.2) is 23.6 Å². The van der Waals surface area contributed by atoms with Crippen LogP contribution >= 0.6 is 0 Å². The largest absolute Gasteiger partial charge is 0.494 e. The highest BCUT2D eigenvalue weighted by Gasteiger charge is 2.38. The van der Waals surface area contributed by atoms with Crippen molar-refractivity contribution in [1.29, 1.82) is 0 Å². The van der Waals surface area contributed by atoms with E-state index in [9.17, 15) is 14.3 Å². The lowest BCUT2D eigenvalue weighted by Crippen LogP contribution is -2.42. The molecule has 0 atom stereocenters. The highest BCUT2D eigenvalue weighted by Crippen LogP contribution is 2.33. The minimum Gasteiger partial charge on any atom is -0.494 e. The van der Waals surface area contributed by atoms with Crippen molar-refractivity contribution in [2.75, 3.05) is 7.11 Å². The first-order valence-corrected chi connectivity index (χ1v) is 7.03. The summed E-state index contributed by atoms with van der Waals surface area (Å²) in [7, 11) is 1.40. The molecule has 1 aliphatic rings. The molecule has 1 aliphatic carbocycles. The highest BCUT2D eigenvalue weighted by atomic mass is 19.1. The summed E-state index contributed by atoms with van der Waals surface area (Å²) in [6, 6.07) is 4.46. The number of ketones is 1. The molecule has 1 aromatic rings. The van der Waals surface area contributed by atoms with Gasteiger partial charge in [0.1, 0.15) is 5.60 Å². The summed E-state index contributed by atoms with van der Waals surface area (Å²) >= 11 is 0. The zero-order chi connectivity index (χ0) is 14.8. The molecule has 1 N–H and O–H groups in total. The topological polar surface area (TPSA) is 46.5 Å². The predicted molar refractivity (Wildman–Crippen MR) is 74.2 cm³/mol. The molecule has 0 bridgehead atoms. The van der Waals surface area contributed by atoms with Crippen LogP contribution in [-0.2, 0) is 11.2 Å². The van der Waals surface area contributed by atoms with E-state index in [0.717, 1.165) is 12.8 Å². The van der Waals surface area contributed by atoms with Crippen molar-refractivity contribution < 1.29 is 19.0 Å². The standard InChI is InChI=1S/C16H21FO3/c1-11-5-7-16(19,8-6-11)15(18)10-12-3-4-14(20-2)13(17)9-12/h3-4,9,11,19H,5-8,10H2,1-2H3. The molecule has 4 heteroatoms. The van der Waals surface area contributed by atoms with Crippen molar-refractivity contribution in [3.05, 3.63) is 29.6 Å². The average Bonchev–Trinajstić information content (AvgIpc) is 2.42. The first-order chi connectivity index (χ1) is 9.44. The highest BCUT2D eigenvalue weighted by molar-refractivity contribution is 5.89. The molecular formula is C16H21FO3. The van der Waals surface area contributed by atoms with Crippen molar-refractivity contribution in [2.24, 2.45) is 5.92 Å². The SMILES string of the molecule is COc1ccc(CC(=O)C2(O)CCC(C)CC2)cc1F. The number of hydrogen-bond acceptors (Lipinski definition) is 3. The molecule has 20 heavy (non-hydrogen) atoms. The van der Waals surface area contributed by atoms with Gasteiger partial charge in [-0.15, -0.1) is 0 Å². The van der Waals surface area contributed by atoms with E-state index in [-0.39, 0.29) is 18.0 Å². The minimum atomic E-state index is -1.23. The Labute approximate surface area is 118 Å². The van der Waals surface area contributed by atoms with Crippen LogP contribution in [0.5, 0.6) is 5.75 Å². The summed E-state index contributed by atoms with van der Waals surface area (Å²) in [4.78, 5) is 12.3. The summed E-state index contributed by atoms with van der Waals surface area (Å²) < 4.78 is 18.4. The molecule has 2 rings (SSSR count). The number of halogens is 1. The maximum absolute atomic E-state index is 13.6. The summed E-state index contributed by atoms with van der Waals surface area (Å²) in [5.74, 6) is 0.0175. The second-order valence-electron chi connectivity index (χ2n) is 5.78. The number of methoxy groups -OCH3 is 1. The second-order valence-corrected chi connectivity index (χ2v) is 5.78. The van der Waals surface area contributed by atoms with Gasteiger partial charge in [-0.2, -0.15) is 0 Å². The van der Waals surface area contributed by atoms with Crippen molar-refractivity contribution >= 4 is 5.78 Å². The van der Waals surface area contributed by atoms with E-state index in [2.05, 4.69) is 6.92 Å². The Balaban J connectivity index is 2.06. The van der Waals surface area contributed by atoms with Crippen molar-refractivity contribution in [3.63, 3.8) is 0 Å². The van der Waals surface area contributed by atoms with E-state index in [1.54, 1.807) is 6.07 Å². The Kier molecular flexibility index (Phi) is 4.43. The van der Waals surface area contributed by atoms with Gasteiger partial charge >= 0.3 is 0 Å². The van der Waals surface area contributed by atoms with Gasteiger partial charge < -0.3 is 9.84 Å². The van der Waals surface area contributed by atoms with Crippen molar-refractivity contribution in [3.8, 4) is 5.75 Å². The number of aliphatic hydroxyl groups is 1. The maximum Gasteiger partial charge on any atom is 0.168 e. The fourth-order valence-corrected chi connectivity index (χ4v) is 2.69. The summed E-state index contributed by atoms with van der Waals surface area (Å²) in [6.07, 6.45) is 2.79. The van der Waals surface area contributed by atoms with Gasteiger partial charge in [0.15, 0.2) is 17.3 Å². The summed E-state index contributed by atoms with van der Waals surface area (Å²) in [5.41, 5.74) is -0.663. The molecule has 0 radical (unpaired) electrons. The van der Waals surface area contributed by atoms with Crippen LogP contribution in [0.3, 0.4) is 0 Å².